The van der Waals surface area contributed by atoms with Crippen LogP contribution in [0.1, 0.15) is 53.9 Å². The van der Waals surface area contributed by atoms with Gasteiger partial charge in [-0.25, -0.2) is 14.8 Å². The number of unbranched alkanes of at least 4 members (excludes halogenated alkanes) is 1. The van der Waals surface area contributed by atoms with Crippen molar-refractivity contribution < 1.29 is 14.3 Å². The highest BCUT2D eigenvalue weighted by atomic mass is 32.2. The minimum Gasteiger partial charge on any atom is -0.462 e. The van der Waals surface area contributed by atoms with E-state index in [1.54, 1.807) is 41.9 Å². The second-order valence-electron chi connectivity index (χ2n) is 8.12. The van der Waals surface area contributed by atoms with E-state index in [2.05, 4.69) is 22.2 Å². The lowest BCUT2D eigenvalue weighted by molar-refractivity contribution is -0.113. The third kappa shape index (κ3) is 5.30. The normalized spacial score (nSPS) is 15.4. The highest BCUT2D eigenvalue weighted by Crippen LogP contribution is 2.40. The predicted molar refractivity (Wildman–Crippen MR) is 130 cm³/mol. The van der Waals surface area contributed by atoms with Crippen LogP contribution in [0.25, 0.3) is 10.2 Å². The molecule has 168 valence electrons. The minimum absolute atomic E-state index is 0.143. The number of hydrogen-bond acceptors (Lipinski definition) is 7. The molecular weight excluding hydrogens is 442 g/mol. The number of fused-ring (bicyclic) bond motifs is 3. The van der Waals surface area contributed by atoms with Gasteiger partial charge in [-0.05, 0) is 55.4 Å². The molecule has 1 aromatic carbocycles. The summed E-state index contributed by atoms with van der Waals surface area (Å²) in [5, 5.41) is 4.86. The monoisotopic (exact) mass is 469 g/mol. The first-order valence-electron chi connectivity index (χ1n) is 11.0. The predicted octanol–water partition coefficient (Wildman–Crippen LogP) is 5.50. The van der Waals surface area contributed by atoms with Gasteiger partial charge in [0.05, 0.1) is 17.9 Å². The molecule has 3 aromatic rings. The van der Waals surface area contributed by atoms with Gasteiger partial charge in [0.25, 0.3) is 0 Å². The van der Waals surface area contributed by atoms with Crippen molar-refractivity contribution in [1.82, 2.24) is 9.97 Å². The fraction of sp³-hybridized carbons (Fsp3) is 0.417. The Morgan fingerprint density at radius 2 is 2.19 bits per heavy atom. The van der Waals surface area contributed by atoms with Crippen molar-refractivity contribution in [3.63, 3.8) is 0 Å². The zero-order valence-corrected chi connectivity index (χ0v) is 20.0. The molecule has 1 N–H and O–H groups in total. The Labute approximate surface area is 196 Å². The molecule has 0 fully saturated rings. The van der Waals surface area contributed by atoms with Crippen molar-refractivity contribution in [1.29, 1.82) is 0 Å². The van der Waals surface area contributed by atoms with E-state index in [1.165, 1.54) is 28.6 Å². The molecule has 2 aromatic heterocycles. The Balaban J connectivity index is 1.40. The van der Waals surface area contributed by atoms with Crippen LogP contribution in [0.3, 0.4) is 0 Å². The van der Waals surface area contributed by atoms with Gasteiger partial charge in [0.1, 0.15) is 16.2 Å². The molecule has 1 unspecified atom stereocenters. The second-order valence-corrected chi connectivity index (χ2v) is 10.2. The third-order valence-electron chi connectivity index (χ3n) is 5.51. The zero-order valence-electron chi connectivity index (χ0n) is 18.3. The van der Waals surface area contributed by atoms with Crippen molar-refractivity contribution in [2.45, 2.75) is 51.0 Å². The largest absolute Gasteiger partial charge is 0.462 e. The molecule has 0 aliphatic heterocycles. The maximum absolute atomic E-state index is 12.6. The van der Waals surface area contributed by atoms with E-state index in [0.717, 1.165) is 40.9 Å². The van der Waals surface area contributed by atoms with Crippen molar-refractivity contribution in [3.8, 4) is 0 Å². The standard InChI is InChI=1S/C24H27N3O3S2/c1-3-4-10-30-24(29)16-6-5-7-17(12-16)27-20(28)13-31-22-21-18-9-8-15(2)11-19(18)32-23(21)26-14-25-22/h5-7,12,14-15H,3-4,8-11,13H2,1-2H3,(H,27,28). The Hall–Kier alpha value is -2.45. The van der Waals surface area contributed by atoms with Crippen LogP contribution in [0.2, 0.25) is 0 Å². The molecule has 4 rings (SSSR count). The van der Waals surface area contributed by atoms with Crippen LogP contribution >= 0.6 is 23.1 Å². The highest BCUT2D eigenvalue weighted by Gasteiger charge is 2.23. The van der Waals surface area contributed by atoms with Crippen LogP contribution in [0.5, 0.6) is 0 Å². The number of thiophene rings is 1. The van der Waals surface area contributed by atoms with Crippen LogP contribution < -0.4 is 5.32 Å². The summed E-state index contributed by atoms with van der Waals surface area (Å²) >= 11 is 3.19. The van der Waals surface area contributed by atoms with Crippen LogP contribution in [0.15, 0.2) is 35.6 Å². The Kier molecular flexibility index (Phi) is 7.42. The molecule has 1 aliphatic rings. The number of carbonyl (C=O) groups excluding carboxylic acids is 2. The molecule has 32 heavy (non-hydrogen) atoms. The Morgan fingerprint density at radius 1 is 1.31 bits per heavy atom. The van der Waals surface area contributed by atoms with Crippen molar-refractivity contribution in [2.75, 3.05) is 17.7 Å². The molecule has 0 spiro atoms. The summed E-state index contributed by atoms with van der Waals surface area (Å²) in [5.41, 5.74) is 2.37. The van der Waals surface area contributed by atoms with Gasteiger partial charge in [-0.2, -0.15) is 0 Å². The minimum atomic E-state index is -0.371. The molecule has 2 heterocycles. The number of rotatable bonds is 8. The van der Waals surface area contributed by atoms with Gasteiger partial charge in [0, 0.05) is 16.0 Å². The number of anilines is 1. The van der Waals surface area contributed by atoms with Gasteiger partial charge in [0.15, 0.2) is 0 Å². The van der Waals surface area contributed by atoms with Gasteiger partial charge in [-0.1, -0.05) is 38.1 Å². The lowest BCUT2D eigenvalue weighted by Gasteiger charge is -2.18. The quantitative estimate of drug-likeness (QED) is 0.203. The van der Waals surface area contributed by atoms with Gasteiger partial charge < -0.3 is 10.1 Å². The topological polar surface area (TPSA) is 81.2 Å². The van der Waals surface area contributed by atoms with Crippen LogP contribution in [0.4, 0.5) is 5.69 Å². The van der Waals surface area contributed by atoms with E-state index in [1.807, 2.05) is 6.92 Å². The molecule has 0 bridgehead atoms. The molecule has 1 atom stereocenters. The number of aryl methyl sites for hydroxylation is 1. The van der Waals surface area contributed by atoms with Gasteiger partial charge in [-0.3, -0.25) is 4.79 Å². The number of nitrogens with one attached hydrogen (secondary N) is 1. The number of nitrogens with zero attached hydrogens (tertiary/aromatic N) is 2. The van der Waals surface area contributed by atoms with E-state index in [-0.39, 0.29) is 17.6 Å². The van der Waals surface area contributed by atoms with E-state index in [9.17, 15) is 9.59 Å². The van der Waals surface area contributed by atoms with Gasteiger partial charge >= 0.3 is 5.97 Å². The molecular formula is C24H27N3O3S2. The van der Waals surface area contributed by atoms with E-state index in [4.69, 9.17) is 4.74 Å². The van der Waals surface area contributed by atoms with Gasteiger partial charge in [-0.15, -0.1) is 11.3 Å². The number of ether oxygens (including phenoxy) is 1. The Bertz CT molecular complexity index is 1130. The fourth-order valence-corrected chi connectivity index (χ4v) is 6.04. The summed E-state index contributed by atoms with van der Waals surface area (Å²) < 4.78 is 5.25. The smallest absolute Gasteiger partial charge is 0.338 e. The fourth-order valence-electron chi connectivity index (χ4n) is 3.80. The van der Waals surface area contributed by atoms with Crippen molar-refractivity contribution in [2.24, 2.45) is 5.92 Å². The van der Waals surface area contributed by atoms with Gasteiger partial charge in [0.2, 0.25) is 5.91 Å². The summed E-state index contributed by atoms with van der Waals surface area (Å²) in [6.07, 6.45) is 6.70. The average Bonchev–Trinajstić information content (AvgIpc) is 3.16. The zero-order chi connectivity index (χ0) is 22.5. The number of carbonyl (C=O) groups is 2. The molecule has 1 aliphatic carbocycles. The second kappa shape index (κ2) is 10.4. The SMILES string of the molecule is CCCCOC(=O)c1cccc(NC(=O)CSc2ncnc3sc4c(c23)CCC(C)C4)c1. The number of amides is 1. The van der Waals surface area contributed by atoms with Crippen LogP contribution in [-0.4, -0.2) is 34.2 Å². The van der Waals surface area contributed by atoms with Crippen molar-refractivity contribution >= 4 is 50.9 Å². The lowest BCUT2D eigenvalue weighted by Crippen LogP contribution is -2.15. The Morgan fingerprint density at radius 3 is 3.03 bits per heavy atom. The van der Waals surface area contributed by atoms with E-state index < -0.39 is 0 Å². The molecule has 0 saturated carbocycles. The maximum atomic E-state index is 12.6. The first-order chi connectivity index (χ1) is 15.5. The molecule has 8 heteroatoms. The summed E-state index contributed by atoms with van der Waals surface area (Å²) in [5.74, 6) is 0.420. The van der Waals surface area contributed by atoms with E-state index in [0.29, 0.717) is 23.8 Å². The molecule has 1 amide bonds. The van der Waals surface area contributed by atoms with Crippen LogP contribution in [-0.2, 0) is 22.4 Å². The average molecular weight is 470 g/mol. The number of aromatic nitrogens is 2. The number of thioether (sulfide) groups is 1. The lowest BCUT2D eigenvalue weighted by atomic mass is 9.89. The van der Waals surface area contributed by atoms with Crippen LogP contribution in [0, 0.1) is 5.92 Å². The first-order valence-corrected chi connectivity index (χ1v) is 12.8. The summed E-state index contributed by atoms with van der Waals surface area (Å²) in [4.78, 5) is 36.1. The number of benzene rings is 1. The summed E-state index contributed by atoms with van der Waals surface area (Å²) in [7, 11) is 0. The highest BCUT2D eigenvalue weighted by molar-refractivity contribution is 8.00. The van der Waals surface area contributed by atoms with Crippen molar-refractivity contribution in [3.05, 3.63) is 46.6 Å². The molecule has 6 nitrogen and oxygen atoms in total. The maximum Gasteiger partial charge on any atom is 0.338 e. The summed E-state index contributed by atoms with van der Waals surface area (Å²) in [6.45, 7) is 4.74. The number of hydrogen-bond donors (Lipinski definition) is 1. The van der Waals surface area contributed by atoms with E-state index >= 15 is 0 Å². The molecule has 0 saturated heterocycles. The number of esters is 1. The molecule has 0 radical (unpaired) electrons. The third-order valence-corrected chi connectivity index (χ3v) is 7.66. The first kappa shape index (κ1) is 22.7. The summed E-state index contributed by atoms with van der Waals surface area (Å²) in [6, 6.07) is 6.85.